The third kappa shape index (κ3) is 5.00. The molecule has 8 nitrogen and oxygen atoms in total. The summed E-state index contributed by atoms with van der Waals surface area (Å²) >= 11 is 1.23. The second kappa shape index (κ2) is 10.7. The van der Waals surface area contributed by atoms with Crippen molar-refractivity contribution in [3.05, 3.63) is 77.4 Å². The van der Waals surface area contributed by atoms with Crippen molar-refractivity contribution in [1.29, 1.82) is 0 Å². The van der Waals surface area contributed by atoms with E-state index in [9.17, 15) is 14.7 Å². The van der Waals surface area contributed by atoms with Gasteiger partial charge < -0.3 is 19.3 Å². The number of aromatic carboxylic acids is 1. The van der Waals surface area contributed by atoms with Crippen molar-refractivity contribution < 1.29 is 19.4 Å². The Morgan fingerprint density at radius 2 is 1.72 bits per heavy atom. The fourth-order valence-corrected chi connectivity index (χ4v) is 5.65. The minimum Gasteiger partial charge on any atom is -0.477 e. The Labute approximate surface area is 230 Å². The number of carbonyl (C=O) groups is 2. The first-order chi connectivity index (χ1) is 18.8. The second-order valence-corrected chi connectivity index (χ2v) is 10.3. The molecular weight excluding hydrogens is 512 g/mol. The van der Waals surface area contributed by atoms with Crippen LogP contribution in [0.2, 0.25) is 0 Å². The van der Waals surface area contributed by atoms with Gasteiger partial charge in [0.2, 0.25) is 5.91 Å². The summed E-state index contributed by atoms with van der Waals surface area (Å²) in [6.45, 7) is 4.39. The Balaban J connectivity index is 1.70. The maximum absolute atomic E-state index is 12.9. The van der Waals surface area contributed by atoms with E-state index in [0.29, 0.717) is 12.6 Å². The predicted molar refractivity (Wildman–Crippen MR) is 153 cm³/mol. The minimum absolute atomic E-state index is 0.0784. The van der Waals surface area contributed by atoms with Crippen LogP contribution >= 0.6 is 11.3 Å². The van der Waals surface area contributed by atoms with Crippen molar-refractivity contribution in [2.75, 3.05) is 20.7 Å². The van der Waals surface area contributed by atoms with E-state index in [4.69, 9.17) is 4.74 Å². The number of hydrogen-bond donors (Lipinski definition) is 1. The van der Waals surface area contributed by atoms with E-state index in [1.54, 1.807) is 31.3 Å². The summed E-state index contributed by atoms with van der Waals surface area (Å²) in [5, 5.41) is 9.73. The van der Waals surface area contributed by atoms with Gasteiger partial charge in [0, 0.05) is 31.4 Å². The number of aromatic nitrogens is 3. The molecule has 0 aliphatic rings. The van der Waals surface area contributed by atoms with E-state index in [1.165, 1.54) is 11.3 Å². The Bertz CT molecular complexity index is 1670. The quantitative estimate of drug-likeness (QED) is 0.260. The number of carboxylic acids is 1. The normalized spacial score (nSPS) is 11.1. The highest BCUT2D eigenvalue weighted by molar-refractivity contribution is 7.21. The van der Waals surface area contributed by atoms with Gasteiger partial charge in [0.05, 0.1) is 28.2 Å². The topological polar surface area (TPSA) is 97.5 Å². The Morgan fingerprint density at radius 3 is 2.33 bits per heavy atom. The molecule has 2 aromatic carbocycles. The average Bonchev–Trinajstić information content (AvgIpc) is 3.48. The predicted octanol–water partition coefficient (Wildman–Crippen LogP) is 5.99. The molecule has 0 fully saturated rings. The largest absolute Gasteiger partial charge is 0.477 e. The van der Waals surface area contributed by atoms with E-state index in [1.807, 2.05) is 73.0 Å². The van der Waals surface area contributed by atoms with Gasteiger partial charge in [-0.2, -0.15) is 4.98 Å². The summed E-state index contributed by atoms with van der Waals surface area (Å²) in [5.41, 5.74) is 7.02. The van der Waals surface area contributed by atoms with Gasteiger partial charge in [-0.15, -0.1) is 11.3 Å². The van der Waals surface area contributed by atoms with Crippen molar-refractivity contribution in [2.24, 2.45) is 0 Å². The molecule has 1 amide bonds. The summed E-state index contributed by atoms with van der Waals surface area (Å²) < 4.78 is 8.19. The molecule has 39 heavy (non-hydrogen) atoms. The number of rotatable bonds is 8. The van der Waals surface area contributed by atoms with Crippen molar-refractivity contribution >= 4 is 33.4 Å². The molecule has 5 rings (SSSR count). The van der Waals surface area contributed by atoms with Gasteiger partial charge >= 0.3 is 12.0 Å². The molecule has 5 aromatic rings. The van der Waals surface area contributed by atoms with E-state index in [0.717, 1.165) is 49.4 Å². The third-order valence-corrected chi connectivity index (χ3v) is 7.63. The van der Waals surface area contributed by atoms with Crippen molar-refractivity contribution in [3.63, 3.8) is 0 Å². The Kier molecular flexibility index (Phi) is 7.17. The zero-order chi connectivity index (χ0) is 27.7. The van der Waals surface area contributed by atoms with Crippen LogP contribution in [-0.4, -0.2) is 57.1 Å². The first kappa shape index (κ1) is 26.1. The monoisotopic (exact) mass is 540 g/mol. The molecule has 0 unspecified atom stereocenters. The lowest BCUT2D eigenvalue weighted by molar-refractivity contribution is -0.129. The van der Waals surface area contributed by atoms with Crippen LogP contribution in [0.15, 0.2) is 66.9 Å². The highest BCUT2D eigenvalue weighted by Gasteiger charge is 2.25. The molecule has 3 heterocycles. The first-order valence-electron chi connectivity index (χ1n) is 12.5. The van der Waals surface area contributed by atoms with E-state index < -0.39 is 5.97 Å². The van der Waals surface area contributed by atoms with Crippen LogP contribution in [0, 0.1) is 6.92 Å². The number of hydrogen-bond acceptors (Lipinski definition) is 6. The summed E-state index contributed by atoms with van der Waals surface area (Å²) in [7, 11) is 3.43. The van der Waals surface area contributed by atoms with Crippen molar-refractivity contribution in [3.8, 4) is 39.5 Å². The molecule has 0 atom stereocenters. The van der Waals surface area contributed by atoms with Crippen LogP contribution in [-0.2, 0) is 11.3 Å². The van der Waals surface area contributed by atoms with Gasteiger partial charge in [0.25, 0.3) is 0 Å². The number of benzene rings is 2. The molecule has 0 radical (unpaired) electrons. The molecule has 0 aliphatic carbocycles. The molecule has 0 saturated heterocycles. The van der Waals surface area contributed by atoms with Crippen LogP contribution < -0.4 is 4.74 Å². The number of nitrogens with zero attached hydrogens (tertiary/aromatic N) is 4. The molecule has 0 spiro atoms. The molecule has 0 bridgehead atoms. The van der Waals surface area contributed by atoms with Crippen LogP contribution in [0.3, 0.4) is 0 Å². The molecular formula is C30H28N4O4S. The Hall–Kier alpha value is -4.50. The van der Waals surface area contributed by atoms with Gasteiger partial charge in [-0.05, 0) is 36.6 Å². The number of ether oxygens (including phenoxy) is 1. The van der Waals surface area contributed by atoms with E-state index in [2.05, 4.69) is 9.97 Å². The molecule has 3 aromatic heterocycles. The van der Waals surface area contributed by atoms with Gasteiger partial charge in [-0.25, -0.2) is 9.78 Å². The van der Waals surface area contributed by atoms with Crippen molar-refractivity contribution in [1.82, 2.24) is 19.4 Å². The fourth-order valence-electron chi connectivity index (χ4n) is 4.58. The maximum atomic E-state index is 12.9. The minimum atomic E-state index is -0.987. The highest BCUT2D eigenvalue weighted by Crippen LogP contribution is 2.45. The van der Waals surface area contributed by atoms with Gasteiger partial charge in [-0.1, -0.05) is 54.6 Å². The molecule has 198 valence electrons. The van der Waals surface area contributed by atoms with Gasteiger partial charge in [-0.3, -0.25) is 4.79 Å². The van der Waals surface area contributed by atoms with E-state index in [-0.39, 0.29) is 17.3 Å². The lowest BCUT2D eigenvalue weighted by Gasteiger charge is -2.16. The lowest BCUT2D eigenvalue weighted by Crippen LogP contribution is -2.26. The molecule has 1 N–H and O–H groups in total. The number of carboxylic acid groups (broad SMARTS) is 1. The summed E-state index contributed by atoms with van der Waals surface area (Å²) in [6.07, 6.45) is 1.76. The van der Waals surface area contributed by atoms with Crippen LogP contribution in [0.5, 0.6) is 6.01 Å². The molecule has 0 aliphatic heterocycles. The summed E-state index contributed by atoms with van der Waals surface area (Å²) in [5.74, 6) is -1.07. The number of fused-ring (bicyclic) bond motifs is 1. The fraction of sp³-hybridized carbons (Fsp3) is 0.200. The summed E-state index contributed by atoms with van der Waals surface area (Å²) in [6, 6.07) is 19.9. The third-order valence-electron chi connectivity index (χ3n) is 6.50. The lowest BCUT2D eigenvalue weighted by atomic mass is 9.98. The second-order valence-electron chi connectivity index (χ2n) is 9.26. The first-order valence-corrected chi connectivity index (χ1v) is 13.3. The summed E-state index contributed by atoms with van der Waals surface area (Å²) in [4.78, 5) is 35.4. The van der Waals surface area contributed by atoms with Crippen LogP contribution in [0.4, 0.5) is 0 Å². The highest BCUT2D eigenvalue weighted by atomic mass is 32.1. The SMILES string of the molecule is CCOc1ncc(-c2ccc(-c3c(-c4ccccc4)c4sc(C(=O)O)cc4n3CC(=O)N(C)C)cc2)c(C)n1. The zero-order valence-corrected chi connectivity index (χ0v) is 23.0. The zero-order valence-electron chi connectivity index (χ0n) is 22.1. The number of likely N-dealkylation sites (N-methyl/N-ethyl adjacent to an activating group) is 1. The number of carbonyl (C=O) groups excluding carboxylic acids is 1. The number of amides is 1. The number of thiophene rings is 1. The van der Waals surface area contributed by atoms with Crippen molar-refractivity contribution in [2.45, 2.75) is 20.4 Å². The number of aryl methyl sites for hydroxylation is 1. The smallest absolute Gasteiger partial charge is 0.345 e. The van der Waals surface area contributed by atoms with Crippen LogP contribution in [0.1, 0.15) is 22.3 Å². The average molecular weight is 541 g/mol. The van der Waals surface area contributed by atoms with E-state index >= 15 is 0 Å². The Morgan fingerprint density at radius 1 is 1.03 bits per heavy atom. The molecule has 9 heteroatoms. The standard InChI is InChI=1S/C30H28N4O4S/c1-5-38-30-31-16-22(18(2)32-30)19-11-13-21(14-12-19)27-26(20-9-7-6-8-10-20)28-23(15-24(39-28)29(36)37)34(27)17-25(35)33(3)4/h6-16H,5,17H2,1-4H3,(H,36,37). The van der Waals surface area contributed by atoms with Gasteiger partial charge in [0.15, 0.2) is 0 Å². The molecule has 0 saturated carbocycles. The van der Waals surface area contributed by atoms with Crippen LogP contribution in [0.25, 0.3) is 43.7 Å². The van der Waals surface area contributed by atoms with Gasteiger partial charge in [0.1, 0.15) is 11.4 Å². The maximum Gasteiger partial charge on any atom is 0.345 e.